The van der Waals surface area contributed by atoms with Crippen molar-refractivity contribution in [3.05, 3.63) is 29.6 Å². The lowest BCUT2D eigenvalue weighted by Crippen LogP contribution is -2.47. The highest BCUT2D eigenvalue weighted by molar-refractivity contribution is 5.75. The summed E-state index contributed by atoms with van der Waals surface area (Å²) in [6.45, 7) is 3.59. The zero-order valence-electron chi connectivity index (χ0n) is 12.6. The predicted molar refractivity (Wildman–Crippen MR) is 77.8 cm³/mol. The minimum Gasteiger partial charge on any atom is -0.494 e. The fraction of sp³-hybridized carbons (Fsp3) is 0.562. The molecule has 1 unspecified atom stereocenters. The minimum atomic E-state index is -0.749. The van der Waals surface area contributed by atoms with Crippen LogP contribution in [0.1, 0.15) is 31.7 Å². The van der Waals surface area contributed by atoms with Crippen molar-refractivity contribution >= 4 is 5.97 Å². The maximum atomic E-state index is 14.2. The standard InChI is InChI=1S/C16H22FNO3/c1-3-16(15(19)20)8-5-9-18(11-16)10-12-6-4-7-13(21-2)14(12)17/h4,6-7H,3,5,8-11H2,1-2H3,(H,19,20). The van der Waals surface area contributed by atoms with Gasteiger partial charge in [-0.25, -0.2) is 4.39 Å². The third-order valence-corrected chi connectivity index (χ3v) is 4.44. The van der Waals surface area contributed by atoms with Crippen LogP contribution in [-0.2, 0) is 11.3 Å². The van der Waals surface area contributed by atoms with Crippen LogP contribution in [0, 0.1) is 11.2 Å². The number of nitrogens with zero attached hydrogens (tertiary/aromatic N) is 1. The van der Waals surface area contributed by atoms with Gasteiger partial charge in [0.1, 0.15) is 0 Å². The molecule has 1 aliphatic heterocycles. The van der Waals surface area contributed by atoms with Crippen molar-refractivity contribution in [1.29, 1.82) is 0 Å². The largest absolute Gasteiger partial charge is 0.494 e. The number of methoxy groups -OCH3 is 1. The summed E-state index contributed by atoms with van der Waals surface area (Å²) in [6.07, 6.45) is 2.11. The average Bonchev–Trinajstić information content (AvgIpc) is 2.49. The molecule has 4 nitrogen and oxygen atoms in total. The van der Waals surface area contributed by atoms with Crippen LogP contribution < -0.4 is 4.74 Å². The van der Waals surface area contributed by atoms with Gasteiger partial charge in [-0.3, -0.25) is 9.69 Å². The molecule has 0 amide bonds. The second-order valence-electron chi connectivity index (χ2n) is 5.69. The van der Waals surface area contributed by atoms with Crippen molar-refractivity contribution in [2.75, 3.05) is 20.2 Å². The molecule has 1 aliphatic rings. The monoisotopic (exact) mass is 295 g/mol. The topological polar surface area (TPSA) is 49.8 Å². The van der Waals surface area contributed by atoms with Gasteiger partial charge in [-0.15, -0.1) is 0 Å². The molecule has 21 heavy (non-hydrogen) atoms. The number of hydrogen-bond acceptors (Lipinski definition) is 3. The number of carbonyl (C=O) groups is 1. The normalized spacial score (nSPS) is 23.0. The van der Waals surface area contributed by atoms with Crippen molar-refractivity contribution < 1.29 is 19.0 Å². The lowest BCUT2D eigenvalue weighted by molar-refractivity contribution is -0.153. The molecule has 1 atom stereocenters. The molecule has 1 heterocycles. The lowest BCUT2D eigenvalue weighted by atomic mass is 9.77. The molecule has 1 N–H and O–H groups in total. The molecule has 116 valence electrons. The number of hydrogen-bond donors (Lipinski definition) is 1. The summed E-state index contributed by atoms with van der Waals surface area (Å²) >= 11 is 0. The first-order chi connectivity index (χ1) is 10.0. The van der Waals surface area contributed by atoms with Crippen molar-refractivity contribution in [1.82, 2.24) is 4.90 Å². The quantitative estimate of drug-likeness (QED) is 0.907. The number of piperidine rings is 1. The van der Waals surface area contributed by atoms with Gasteiger partial charge in [0.05, 0.1) is 12.5 Å². The summed E-state index contributed by atoms with van der Waals surface area (Å²) in [5, 5.41) is 9.49. The Bertz CT molecular complexity index is 520. The van der Waals surface area contributed by atoms with Gasteiger partial charge in [0.15, 0.2) is 11.6 Å². The third kappa shape index (κ3) is 3.18. The zero-order valence-corrected chi connectivity index (χ0v) is 12.6. The van der Waals surface area contributed by atoms with Crippen LogP contribution in [0.2, 0.25) is 0 Å². The maximum absolute atomic E-state index is 14.2. The molecule has 1 saturated heterocycles. The molecule has 1 aromatic rings. The van der Waals surface area contributed by atoms with E-state index >= 15 is 0 Å². The first-order valence-electron chi connectivity index (χ1n) is 7.29. The van der Waals surface area contributed by atoms with Crippen molar-refractivity contribution in [3.63, 3.8) is 0 Å². The average molecular weight is 295 g/mol. The number of benzene rings is 1. The fourth-order valence-electron chi connectivity index (χ4n) is 3.05. The number of likely N-dealkylation sites (tertiary alicyclic amines) is 1. The van der Waals surface area contributed by atoms with Gasteiger partial charge in [-0.05, 0) is 31.9 Å². The Morgan fingerprint density at radius 2 is 2.29 bits per heavy atom. The molecule has 1 aromatic carbocycles. The van der Waals surface area contributed by atoms with Crippen LogP contribution in [0.5, 0.6) is 5.75 Å². The van der Waals surface area contributed by atoms with Crippen molar-refractivity contribution in [2.24, 2.45) is 5.41 Å². The van der Waals surface area contributed by atoms with E-state index in [1.54, 1.807) is 18.2 Å². The Morgan fingerprint density at radius 1 is 1.52 bits per heavy atom. The Hall–Kier alpha value is -1.62. The fourth-order valence-corrected chi connectivity index (χ4v) is 3.05. The molecular weight excluding hydrogens is 273 g/mol. The highest BCUT2D eigenvalue weighted by atomic mass is 19.1. The van der Waals surface area contributed by atoms with Crippen LogP contribution in [0.4, 0.5) is 4.39 Å². The number of carboxylic acids is 1. The number of ether oxygens (including phenoxy) is 1. The van der Waals surface area contributed by atoms with Gasteiger partial charge in [0.2, 0.25) is 0 Å². The molecule has 0 spiro atoms. The van der Waals surface area contributed by atoms with Crippen LogP contribution in [0.15, 0.2) is 18.2 Å². The Kier molecular flexibility index (Phi) is 4.83. The number of halogens is 1. The molecule has 0 radical (unpaired) electrons. The van der Waals surface area contributed by atoms with E-state index in [2.05, 4.69) is 0 Å². The number of rotatable bonds is 5. The Balaban J connectivity index is 2.15. The lowest BCUT2D eigenvalue weighted by Gasteiger charge is -2.39. The zero-order chi connectivity index (χ0) is 15.5. The van der Waals surface area contributed by atoms with Crippen LogP contribution in [-0.4, -0.2) is 36.2 Å². The van der Waals surface area contributed by atoms with E-state index in [0.29, 0.717) is 31.5 Å². The molecule has 0 saturated carbocycles. The van der Waals surface area contributed by atoms with Gasteiger partial charge in [-0.1, -0.05) is 19.1 Å². The van der Waals surface area contributed by atoms with Crippen molar-refractivity contribution in [3.8, 4) is 5.75 Å². The minimum absolute atomic E-state index is 0.226. The highest BCUT2D eigenvalue weighted by Gasteiger charge is 2.40. The molecule has 0 aliphatic carbocycles. The van der Waals surface area contributed by atoms with Gasteiger partial charge >= 0.3 is 5.97 Å². The number of aliphatic carboxylic acids is 1. The summed E-state index contributed by atoms with van der Waals surface area (Å²) in [4.78, 5) is 13.6. The van der Waals surface area contributed by atoms with E-state index in [4.69, 9.17) is 4.74 Å². The third-order valence-electron chi connectivity index (χ3n) is 4.44. The van der Waals surface area contributed by atoms with Gasteiger partial charge in [0, 0.05) is 18.7 Å². The van der Waals surface area contributed by atoms with E-state index in [-0.39, 0.29) is 11.6 Å². The second kappa shape index (κ2) is 6.43. The molecule has 1 fully saturated rings. The smallest absolute Gasteiger partial charge is 0.310 e. The summed E-state index contributed by atoms with van der Waals surface area (Å²) < 4.78 is 19.2. The predicted octanol–water partition coefficient (Wildman–Crippen LogP) is 2.91. The van der Waals surface area contributed by atoms with E-state index in [0.717, 1.165) is 13.0 Å². The number of carboxylic acid groups (broad SMARTS) is 1. The molecule has 0 bridgehead atoms. The van der Waals surface area contributed by atoms with E-state index in [1.165, 1.54) is 7.11 Å². The molecule has 5 heteroatoms. The van der Waals surface area contributed by atoms with Crippen LogP contribution in [0.25, 0.3) is 0 Å². The summed E-state index contributed by atoms with van der Waals surface area (Å²) in [7, 11) is 1.44. The first kappa shape index (κ1) is 15.8. The Labute approximate surface area is 124 Å². The SMILES string of the molecule is CCC1(C(=O)O)CCCN(Cc2cccc(OC)c2F)C1. The summed E-state index contributed by atoms with van der Waals surface area (Å²) in [5.41, 5.74) is -0.153. The molecule has 2 rings (SSSR count). The van der Waals surface area contributed by atoms with Gasteiger partial charge < -0.3 is 9.84 Å². The van der Waals surface area contributed by atoms with E-state index < -0.39 is 11.4 Å². The van der Waals surface area contributed by atoms with E-state index in [1.807, 2.05) is 11.8 Å². The van der Waals surface area contributed by atoms with Gasteiger partial charge in [-0.2, -0.15) is 0 Å². The highest BCUT2D eigenvalue weighted by Crippen LogP contribution is 2.34. The molecular formula is C16H22FNO3. The van der Waals surface area contributed by atoms with Crippen LogP contribution >= 0.6 is 0 Å². The maximum Gasteiger partial charge on any atom is 0.310 e. The second-order valence-corrected chi connectivity index (χ2v) is 5.69. The first-order valence-corrected chi connectivity index (χ1v) is 7.29. The summed E-state index contributed by atoms with van der Waals surface area (Å²) in [5.74, 6) is -0.881. The van der Waals surface area contributed by atoms with E-state index in [9.17, 15) is 14.3 Å². The molecule has 0 aromatic heterocycles. The van der Waals surface area contributed by atoms with Crippen molar-refractivity contribution in [2.45, 2.75) is 32.7 Å². The van der Waals surface area contributed by atoms with Crippen LogP contribution in [0.3, 0.4) is 0 Å². The van der Waals surface area contributed by atoms with Gasteiger partial charge in [0.25, 0.3) is 0 Å². The summed E-state index contributed by atoms with van der Waals surface area (Å²) in [6, 6.07) is 5.06. The Morgan fingerprint density at radius 3 is 2.90 bits per heavy atom.